The van der Waals surface area contributed by atoms with Crippen LogP contribution >= 0.6 is 0 Å². The van der Waals surface area contributed by atoms with E-state index in [4.69, 9.17) is 14.2 Å². The van der Waals surface area contributed by atoms with Crippen molar-refractivity contribution in [3.05, 3.63) is 17.7 Å². The first-order valence-electron chi connectivity index (χ1n) is 7.20. The van der Waals surface area contributed by atoms with Gasteiger partial charge in [-0.1, -0.05) is 0 Å². The maximum atomic E-state index is 12.6. The number of carbonyl (C=O) groups excluding carboxylic acids is 1. The number of ether oxygens (including phenoxy) is 3. The van der Waals surface area contributed by atoms with Gasteiger partial charge >= 0.3 is 0 Å². The second-order valence-electron chi connectivity index (χ2n) is 5.22. The van der Waals surface area contributed by atoms with Gasteiger partial charge in [0, 0.05) is 19.2 Å². The van der Waals surface area contributed by atoms with Crippen LogP contribution in [0.1, 0.15) is 5.56 Å². The molecule has 0 radical (unpaired) electrons. The molecule has 1 heterocycles. The quantitative estimate of drug-likeness (QED) is 0.780. The van der Waals surface area contributed by atoms with E-state index >= 15 is 0 Å². The Balaban J connectivity index is 2.26. The summed E-state index contributed by atoms with van der Waals surface area (Å²) >= 11 is 0. The summed E-state index contributed by atoms with van der Waals surface area (Å²) in [6.07, 6.45) is 0. The fourth-order valence-electron chi connectivity index (χ4n) is 2.44. The Bertz CT molecular complexity index is 679. The number of hydrogen-bond donors (Lipinski definition) is 0. The van der Waals surface area contributed by atoms with Crippen molar-refractivity contribution < 1.29 is 27.4 Å². The number of methoxy groups -OCH3 is 2. The average molecular weight is 343 g/mol. The zero-order chi connectivity index (χ0) is 17.0. The standard InChI is InChI=1S/C15H21NO6S/c1-11-8-12(20-2)13(21-3)9-14(11)23(18,19)10-15(17)16-4-6-22-7-5-16/h8-9H,4-7,10H2,1-3H3. The Morgan fingerprint density at radius 3 is 2.30 bits per heavy atom. The van der Waals surface area contributed by atoms with E-state index in [1.807, 2.05) is 0 Å². The Morgan fingerprint density at radius 1 is 1.17 bits per heavy atom. The third-order valence-corrected chi connectivity index (χ3v) is 5.43. The smallest absolute Gasteiger partial charge is 0.238 e. The fourth-order valence-corrected chi connectivity index (χ4v) is 3.94. The minimum absolute atomic E-state index is 0.0803. The van der Waals surface area contributed by atoms with Gasteiger partial charge in [-0.3, -0.25) is 4.79 Å². The molecule has 128 valence electrons. The average Bonchev–Trinajstić information content (AvgIpc) is 2.54. The molecule has 0 atom stereocenters. The van der Waals surface area contributed by atoms with Crippen molar-refractivity contribution in [2.24, 2.45) is 0 Å². The van der Waals surface area contributed by atoms with Crippen LogP contribution in [0.5, 0.6) is 11.5 Å². The molecule has 0 N–H and O–H groups in total. The maximum absolute atomic E-state index is 12.6. The molecule has 2 rings (SSSR count). The van der Waals surface area contributed by atoms with Gasteiger partial charge in [-0.2, -0.15) is 0 Å². The van der Waals surface area contributed by atoms with Gasteiger partial charge in [0.15, 0.2) is 21.3 Å². The Kier molecular flexibility index (Phi) is 5.48. The molecule has 7 nitrogen and oxygen atoms in total. The van der Waals surface area contributed by atoms with E-state index in [0.717, 1.165) is 0 Å². The number of aryl methyl sites for hydroxylation is 1. The van der Waals surface area contributed by atoms with E-state index in [1.54, 1.807) is 13.0 Å². The van der Waals surface area contributed by atoms with E-state index in [1.165, 1.54) is 25.2 Å². The minimum atomic E-state index is -3.76. The van der Waals surface area contributed by atoms with Crippen LogP contribution in [-0.4, -0.2) is 65.5 Å². The minimum Gasteiger partial charge on any atom is -0.493 e. The number of nitrogens with zero attached hydrogens (tertiary/aromatic N) is 1. The first-order chi connectivity index (χ1) is 10.9. The van der Waals surface area contributed by atoms with Gasteiger partial charge in [-0.15, -0.1) is 0 Å². The summed E-state index contributed by atoms with van der Waals surface area (Å²) in [6.45, 7) is 3.36. The molecule has 0 spiro atoms. The van der Waals surface area contributed by atoms with Crippen LogP contribution in [0.15, 0.2) is 17.0 Å². The van der Waals surface area contributed by atoms with E-state index in [9.17, 15) is 13.2 Å². The molecule has 8 heteroatoms. The topological polar surface area (TPSA) is 82.1 Å². The molecule has 1 aromatic rings. The highest BCUT2D eigenvalue weighted by molar-refractivity contribution is 7.92. The van der Waals surface area contributed by atoms with Crippen LogP contribution in [0.25, 0.3) is 0 Å². The summed E-state index contributed by atoms with van der Waals surface area (Å²) in [5.74, 6) is -0.218. The predicted octanol–water partition coefficient (Wildman–Crippen LogP) is 0.645. The fraction of sp³-hybridized carbons (Fsp3) is 0.533. The first-order valence-corrected chi connectivity index (χ1v) is 8.85. The van der Waals surface area contributed by atoms with Crippen molar-refractivity contribution in [2.75, 3.05) is 46.3 Å². The molecule has 0 saturated carbocycles. The van der Waals surface area contributed by atoms with Crippen molar-refractivity contribution in [2.45, 2.75) is 11.8 Å². The molecule has 0 aliphatic carbocycles. The van der Waals surface area contributed by atoms with Crippen LogP contribution in [0, 0.1) is 6.92 Å². The normalized spacial score (nSPS) is 15.3. The third-order valence-electron chi connectivity index (χ3n) is 3.69. The summed E-state index contributed by atoms with van der Waals surface area (Å²) in [6, 6.07) is 2.99. The Morgan fingerprint density at radius 2 is 1.74 bits per heavy atom. The van der Waals surface area contributed by atoms with Crippen molar-refractivity contribution in [3.8, 4) is 11.5 Å². The molecule has 1 aromatic carbocycles. The zero-order valence-electron chi connectivity index (χ0n) is 13.5. The molecule has 1 saturated heterocycles. The number of benzene rings is 1. The molecule has 1 aliphatic rings. The van der Waals surface area contributed by atoms with Gasteiger partial charge in [0.2, 0.25) is 5.91 Å². The molecule has 1 fully saturated rings. The highest BCUT2D eigenvalue weighted by Gasteiger charge is 2.27. The maximum Gasteiger partial charge on any atom is 0.238 e. The van der Waals surface area contributed by atoms with Gasteiger partial charge in [0.25, 0.3) is 0 Å². The lowest BCUT2D eigenvalue weighted by Crippen LogP contribution is -2.43. The van der Waals surface area contributed by atoms with E-state index in [2.05, 4.69) is 0 Å². The van der Waals surface area contributed by atoms with Crippen molar-refractivity contribution in [3.63, 3.8) is 0 Å². The SMILES string of the molecule is COc1cc(C)c(S(=O)(=O)CC(=O)N2CCOCC2)cc1OC. The monoisotopic (exact) mass is 343 g/mol. The molecule has 1 aliphatic heterocycles. The third kappa shape index (κ3) is 3.94. The second kappa shape index (κ2) is 7.18. The van der Waals surface area contributed by atoms with Gasteiger partial charge in [0.1, 0.15) is 5.75 Å². The Hall–Kier alpha value is -1.80. The largest absolute Gasteiger partial charge is 0.493 e. The van der Waals surface area contributed by atoms with E-state index in [0.29, 0.717) is 43.4 Å². The van der Waals surface area contributed by atoms with E-state index in [-0.39, 0.29) is 4.90 Å². The predicted molar refractivity (Wildman–Crippen MR) is 83.7 cm³/mol. The number of sulfone groups is 1. The van der Waals surface area contributed by atoms with E-state index < -0.39 is 21.5 Å². The van der Waals surface area contributed by atoms with Crippen LogP contribution in [-0.2, 0) is 19.4 Å². The second-order valence-corrected chi connectivity index (χ2v) is 7.18. The zero-order valence-corrected chi connectivity index (χ0v) is 14.3. The summed E-state index contributed by atoms with van der Waals surface area (Å²) in [7, 11) is -0.852. The highest BCUT2D eigenvalue weighted by Crippen LogP contribution is 2.32. The number of hydrogen-bond acceptors (Lipinski definition) is 6. The highest BCUT2D eigenvalue weighted by atomic mass is 32.2. The Labute approximate surface area is 136 Å². The number of morpholine rings is 1. The molecule has 1 amide bonds. The van der Waals surface area contributed by atoms with Gasteiger partial charge in [0.05, 0.1) is 32.3 Å². The first kappa shape index (κ1) is 17.6. The molecule has 0 aromatic heterocycles. The molecular weight excluding hydrogens is 322 g/mol. The lowest BCUT2D eigenvalue weighted by atomic mass is 10.2. The van der Waals surface area contributed by atoms with Crippen LogP contribution in [0.2, 0.25) is 0 Å². The summed E-state index contributed by atoms with van der Waals surface area (Å²) < 4.78 is 40.7. The van der Waals surface area contributed by atoms with Crippen molar-refractivity contribution in [1.82, 2.24) is 4.90 Å². The number of rotatable bonds is 5. The summed E-state index contributed by atoms with van der Waals surface area (Å²) in [5.41, 5.74) is 0.512. The lowest BCUT2D eigenvalue weighted by molar-refractivity contribution is -0.132. The van der Waals surface area contributed by atoms with Crippen LogP contribution in [0.4, 0.5) is 0 Å². The molecule has 23 heavy (non-hydrogen) atoms. The summed E-state index contributed by atoms with van der Waals surface area (Å²) in [4.78, 5) is 13.8. The van der Waals surface area contributed by atoms with Crippen molar-refractivity contribution in [1.29, 1.82) is 0 Å². The molecular formula is C15H21NO6S. The van der Waals surface area contributed by atoms with Gasteiger partial charge in [-0.25, -0.2) is 8.42 Å². The van der Waals surface area contributed by atoms with Crippen molar-refractivity contribution >= 4 is 15.7 Å². The lowest BCUT2D eigenvalue weighted by Gasteiger charge is -2.26. The molecule has 0 unspecified atom stereocenters. The summed E-state index contributed by atoms with van der Waals surface area (Å²) in [5, 5.41) is 0. The van der Waals surface area contributed by atoms with Crippen LogP contribution in [0.3, 0.4) is 0 Å². The van der Waals surface area contributed by atoms with Crippen LogP contribution < -0.4 is 9.47 Å². The van der Waals surface area contributed by atoms with Gasteiger partial charge in [-0.05, 0) is 18.6 Å². The number of amides is 1. The molecule has 0 bridgehead atoms. The van der Waals surface area contributed by atoms with Gasteiger partial charge < -0.3 is 19.1 Å². The number of carbonyl (C=O) groups is 1.